The fourth-order valence-electron chi connectivity index (χ4n) is 1.86. The van der Waals surface area contributed by atoms with Crippen LogP contribution < -0.4 is 5.69 Å². The molecule has 1 aromatic heterocycles. The number of allylic oxidation sites excluding steroid dienone is 1. The summed E-state index contributed by atoms with van der Waals surface area (Å²) in [6.45, 7) is 1.95. The highest BCUT2D eigenvalue weighted by Gasteiger charge is 2.10. The molecule has 0 spiro atoms. The van der Waals surface area contributed by atoms with Gasteiger partial charge in [0.15, 0.2) is 0 Å². The summed E-state index contributed by atoms with van der Waals surface area (Å²) < 4.78 is 3.42. The summed E-state index contributed by atoms with van der Waals surface area (Å²) in [4.78, 5) is 12.1. The molecule has 0 amide bonds. The van der Waals surface area contributed by atoms with E-state index in [9.17, 15) is 4.79 Å². The second kappa shape index (κ2) is 4.22. The van der Waals surface area contributed by atoms with Crippen molar-refractivity contribution < 1.29 is 0 Å². The Balaban J connectivity index is 2.84. The number of rotatable bonds is 2. The topological polar surface area (TPSA) is 26.9 Å². The zero-order valence-electron chi connectivity index (χ0n) is 9.60. The summed E-state index contributed by atoms with van der Waals surface area (Å²) in [5.74, 6) is 0. The molecule has 16 heavy (non-hydrogen) atoms. The van der Waals surface area contributed by atoms with Crippen LogP contribution in [0, 0.1) is 0 Å². The van der Waals surface area contributed by atoms with Crippen molar-refractivity contribution in [2.45, 2.75) is 6.92 Å². The van der Waals surface area contributed by atoms with Crippen molar-refractivity contribution in [2.75, 3.05) is 6.26 Å². The van der Waals surface area contributed by atoms with Gasteiger partial charge in [0.2, 0.25) is 0 Å². The number of para-hydroxylation sites is 2. The van der Waals surface area contributed by atoms with Crippen molar-refractivity contribution in [2.24, 2.45) is 7.05 Å². The maximum atomic E-state index is 12.1. The van der Waals surface area contributed by atoms with Gasteiger partial charge in [0.05, 0.1) is 11.0 Å². The van der Waals surface area contributed by atoms with Crippen LogP contribution in [-0.4, -0.2) is 15.4 Å². The Morgan fingerprint density at radius 2 is 1.94 bits per heavy atom. The highest BCUT2D eigenvalue weighted by atomic mass is 32.2. The third-order valence-corrected chi connectivity index (χ3v) is 3.18. The van der Waals surface area contributed by atoms with Gasteiger partial charge < -0.3 is 0 Å². The van der Waals surface area contributed by atoms with Crippen molar-refractivity contribution in [1.29, 1.82) is 0 Å². The number of hydrogen-bond donors (Lipinski definition) is 0. The maximum absolute atomic E-state index is 12.1. The van der Waals surface area contributed by atoms with Crippen LogP contribution in [0.5, 0.6) is 0 Å². The molecule has 0 fully saturated rings. The van der Waals surface area contributed by atoms with E-state index in [1.54, 1.807) is 27.9 Å². The van der Waals surface area contributed by atoms with Crippen LogP contribution in [-0.2, 0) is 7.05 Å². The van der Waals surface area contributed by atoms with Gasteiger partial charge in [0.25, 0.3) is 0 Å². The van der Waals surface area contributed by atoms with E-state index in [2.05, 4.69) is 0 Å². The average Bonchev–Trinajstić information content (AvgIpc) is 2.53. The number of imidazole rings is 1. The Hall–Kier alpha value is -1.42. The van der Waals surface area contributed by atoms with Gasteiger partial charge in [-0.2, -0.15) is 0 Å². The van der Waals surface area contributed by atoms with Crippen LogP contribution in [0.3, 0.4) is 0 Å². The molecule has 2 rings (SSSR count). The van der Waals surface area contributed by atoms with Crippen LogP contribution in [0.1, 0.15) is 6.92 Å². The van der Waals surface area contributed by atoms with E-state index in [1.165, 1.54) is 0 Å². The van der Waals surface area contributed by atoms with Crippen LogP contribution in [0.25, 0.3) is 16.7 Å². The molecule has 0 radical (unpaired) electrons. The van der Waals surface area contributed by atoms with Gasteiger partial charge in [-0.1, -0.05) is 12.1 Å². The number of benzene rings is 1. The molecule has 1 heterocycles. The lowest BCUT2D eigenvalue weighted by molar-refractivity contribution is 0.852. The summed E-state index contributed by atoms with van der Waals surface area (Å²) in [5, 5.41) is 1.98. The predicted molar refractivity (Wildman–Crippen MR) is 70.6 cm³/mol. The largest absolute Gasteiger partial charge is 0.333 e. The monoisotopic (exact) mass is 234 g/mol. The Morgan fingerprint density at radius 1 is 1.31 bits per heavy atom. The Labute approximate surface area is 98.4 Å². The molecule has 2 aromatic rings. The molecule has 0 N–H and O–H groups in total. The van der Waals surface area contributed by atoms with Gasteiger partial charge in [-0.15, -0.1) is 11.8 Å². The van der Waals surface area contributed by atoms with Crippen LogP contribution in [0.2, 0.25) is 0 Å². The minimum absolute atomic E-state index is 0.00370. The molecule has 1 aromatic carbocycles. The van der Waals surface area contributed by atoms with Gasteiger partial charge in [-0.3, -0.25) is 9.13 Å². The lowest BCUT2D eigenvalue weighted by atomic mass is 10.3. The minimum atomic E-state index is 0.00370. The molecule has 4 heteroatoms. The van der Waals surface area contributed by atoms with E-state index in [-0.39, 0.29) is 5.69 Å². The van der Waals surface area contributed by atoms with Crippen molar-refractivity contribution in [3.05, 3.63) is 40.2 Å². The van der Waals surface area contributed by atoms with Crippen LogP contribution in [0.15, 0.2) is 34.5 Å². The third kappa shape index (κ3) is 1.59. The Morgan fingerprint density at radius 3 is 2.56 bits per heavy atom. The maximum Gasteiger partial charge on any atom is 0.333 e. The van der Waals surface area contributed by atoms with Crippen molar-refractivity contribution in [3.8, 4) is 0 Å². The molecule has 0 aliphatic carbocycles. The van der Waals surface area contributed by atoms with E-state index in [0.717, 1.165) is 16.7 Å². The lowest BCUT2D eigenvalue weighted by Crippen LogP contribution is -2.20. The van der Waals surface area contributed by atoms with E-state index in [1.807, 2.05) is 42.9 Å². The van der Waals surface area contributed by atoms with Crippen molar-refractivity contribution in [1.82, 2.24) is 9.13 Å². The van der Waals surface area contributed by atoms with Crippen molar-refractivity contribution >= 4 is 28.5 Å². The Bertz CT molecular complexity index is 607. The first-order chi connectivity index (χ1) is 7.66. The highest BCUT2D eigenvalue weighted by molar-refractivity contribution is 8.01. The fraction of sp³-hybridized carbons (Fsp3) is 0.250. The molecular formula is C12H14N2OS. The fourth-order valence-corrected chi connectivity index (χ4v) is 2.30. The summed E-state index contributed by atoms with van der Waals surface area (Å²) in [6, 6.07) is 7.82. The van der Waals surface area contributed by atoms with Crippen LogP contribution in [0.4, 0.5) is 0 Å². The number of hydrogen-bond acceptors (Lipinski definition) is 2. The molecule has 0 aliphatic heterocycles. The molecule has 0 saturated carbocycles. The first-order valence-electron chi connectivity index (χ1n) is 5.03. The zero-order valence-corrected chi connectivity index (χ0v) is 10.4. The van der Waals surface area contributed by atoms with Crippen LogP contribution >= 0.6 is 11.8 Å². The molecular weight excluding hydrogens is 220 g/mol. The van der Waals surface area contributed by atoms with Gasteiger partial charge in [0, 0.05) is 12.7 Å². The standard InChI is InChI=1S/C12H14N2OS/c1-9(8-16-3)14-11-7-5-4-6-10(11)13(2)12(14)15/h4-8H,1-3H3/b9-8+. The number of nitrogens with zero attached hydrogens (tertiary/aromatic N) is 2. The van der Waals surface area contributed by atoms with Gasteiger partial charge >= 0.3 is 5.69 Å². The molecule has 3 nitrogen and oxygen atoms in total. The van der Waals surface area contributed by atoms with E-state index in [0.29, 0.717) is 0 Å². The van der Waals surface area contributed by atoms with Gasteiger partial charge in [-0.05, 0) is 30.7 Å². The van der Waals surface area contributed by atoms with Gasteiger partial charge in [0.1, 0.15) is 0 Å². The normalized spacial score (nSPS) is 12.3. The summed E-state index contributed by atoms with van der Waals surface area (Å²) in [6.07, 6.45) is 1.99. The third-order valence-electron chi connectivity index (χ3n) is 2.60. The molecule has 84 valence electrons. The first kappa shape index (κ1) is 11.1. The van der Waals surface area contributed by atoms with E-state index >= 15 is 0 Å². The summed E-state index contributed by atoms with van der Waals surface area (Å²) >= 11 is 1.60. The molecule has 0 unspecified atom stereocenters. The number of thioether (sulfide) groups is 1. The second-order valence-corrected chi connectivity index (χ2v) is 4.37. The highest BCUT2D eigenvalue weighted by Crippen LogP contribution is 2.16. The quantitative estimate of drug-likeness (QED) is 0.798. The SMILES string of the molecule is CS/C=C(\C)n1c(=O)n(C)c2ccccc21. The second-order valence-electron chi connectivity index (χ2n) is 3.66. The molecule has 0 bridgehead atoms. The van der Waals surface area contributed by atoms with Crippen molar-refractivity contribution in [3.63, 3.8) is 0 Å². The smallest absolute Gasteiger partial charge is 0.295 e. The van der Waals surface area contributed by atoms with E-state index in [4.69, 9.17) is 0 Å². The lowest BCUT2D eigenvalue weighted by Gasteiger charge is -2.01. The number of aromatic nitrogens is 2. The van der Waals surface area contributed by atoms with Gasteiger partial charge in [-0.25, -0.2) is 4.79 Å². The minimum Gasteiger partial charge on any atom is -0.295 e. The predicted octanol–water partition coefficient (Wildman–Crippen LogP) is 2.52. The average molecular weight is 234 g/mol. The number of fused-ring (bicyclic) bond motifs is 1. The molecule has 0 atom stereocenters. The summed E-state index contributed by atoms with van der Waals surface area (Å²) in [7, 11) is 1.80. The number of aryl methyl sites for hydroxylation is 1. The first-order valence-corrected chi connectivity index (χ1v) is 6.32. The summed E-state index contributed by atoms with van der Waals surface area (Å²) in [5.41, 5.74) is 2.87. The zero-order chi connectivity index (χ0) is 11.7. The molecule has 0 aliphatic rings. The van der Waals surface area contributed by atoms with E-state index < -0.39 is 0 Å². The Kier molecular flexibility index (Phi) is 2.92. The molecule has 0 saturated heterocycles.